The van der Waals surface area contributed by atoms with Crippen molar-refractivity contribution in [1.29, 1.82) is 0 Å². The van der Waals surface area contributed by atoms with Crippen LogP contribution in [0.2, 0.25) is 0 Å². The maximum absolute atomic E-state index is 12.9. The van der Waals surface area contributed by atoms with E-state index in [1.165, 1.54) is 17.2 Å². The van der Waals surface area contributed by atoms with Gasteiger partial charge in [0.1, 0.15) is 41.7 Å². The summed E-state index contributed by atoms with van der Waals surface area (Å²) in [5.74, 6) is 0.921. The Hall–Kier alpha value is -5.51. The first-order chi connectivity index (χ1) is 26.1. The number of hydrogen-bond acceptors (Lipinski definition) is 11. The number of phosphoric acid groups is 1. The van der Waals surface area contributed by atoms with E-state index in [9.17, 15) is 24.3 Å². The predicted octanol–water partition coefficient (Wildman–Crippen LogP) is 4.84. The summed E-state index contributed by atoms with van der Waals surface area (Å²) in [5, 5.41) is 14.4. The largest absolute Gasteiger partial charge is 0.497 e. The molecule has 0 radical (unpaired) electrons. The number of aliphatic hydroxyl groups is 1. The number of methoxy groups -OCH3 is 2. The van der Waals surface area contributed by atoms with E-state index in [0.717, 1.165) is 5.56 Å². The van der Waals surface area contributed by atoms with Crippen LogP contribution in [0.3, 0.4) is 0 Å². The molecule has 3 heterocycles. The number of nitrogens with zero attached hydrogens (tertiary/aromatic N) is 4. The van der Waals surface area contributed by atoms with Crippen molar-refractivity contribution in [2.24, 2.45) is 0 Å². The minimum atomic E-state index is -5.17. The van der Waals surface area contributed by atoms with Gasteiger partial charge in [0.25, 0.3) is 5.91 Å². The van der Waals surface area contributed by atoms with Crippen molar-refractivity contribution in [3.63, 3.8) is 0 Å². The van der Waals surface area contributed by atoms with E-state index in [1.807, 2.05) is 54.6 Å². The van der Waals surface area contributed by atoms with E-state index in [0.29, 0.717) is 28.2 Å². The van der Waals surface area contributed by atoms with Crippen LogP contribution in [0.15, 0.2) is 122 Å². The normalized spacial score (nSPS) is 18.8. The molecule has 1 aliphatic rings. The number of amides is 1. The average Bonchev–Trinajstić information content (AvgIpc) is 3.76. The van der Waals surface area contributed by atoms with Crippen LogP contribution in [0.1, 0.15) is 33.3 Å². The van der Waals surface area contributed by atoms with Gasteiger partial charge in [0.05, 0.1) is 27.2 Å². The van der Waals surface area contributed by atoms with E-state index in [1.54, 1.807) is 68.8 Å². The van der Waals surface area contributed by atoms with E-state index >= 15 is 0 Å². The molecule has 0 saturated carbocycles. The van der Waals surface area contributed by atoms with E-state index in [2.05, 4.69) is 20.3 Å². The number of ether oxygens (including phenoxy) is 4. The van der Waals surface area contributed by atoms with Gasteiger partial charge in [-0.15, -0.1) is 0 Å². The number of fused-ring (bicyclic) bond motifs is 1. The first-order valence-electron chi connectivity index (χ1n) is 16.7. The second kappa shape index (κ2) is 15.5. The quantitative estimate of drug-likeness (QED) is 0.0925. The summed E-state index contributed by atoms with van der Waals surface area (Å²) < 4.78 is 43.0. The number of anilines is 1. The SMILES string of the molecule is COc1ccc(C(OC[C@H]2O[C@@H](n3cnc4c(NC(=O)c5ccccc5)ncnc43)[C@H](O)[C@@H]2OP(=O)(O)O)(c2ccccc2)c2ccc(OC)cc2)cc1. The molecule has 2 aromatic heterocycles. The molecule has 15 nitrogen and oxygen atoms in total. The number of phosphoric ester groups is 1. The number of imidazole rings is 1. The van der Waals surface area contributed by atoms with Crippen LogP contribution in [0, 0.1) is 0 Å². The highest BCUT2D eigenvalue weighted by Crippen LogP contribution is 2.46. The van der Waals surface area contributed by atoms with Gasteiger partial charge >= 0.3 is 7.82 Å². The van der Waals surface area contributed by atoms with Gasteiger partial charge < -0.3 is 39.2 Å². The fourth-order valence-corrected chi connectivity index (χ4v) is 7.13. The number of aromatic nitrogens is 4. The summed E-state index contributed by atoms with van der Waals surface area (Å²) >= 11 is 0. The summed E-state index contributed by atoms with van der Waals surface area (Å²) in [6, 6.07) is 32.6. The van der Waals surface area contributed by atoms with Crippen LogP contribution in [-0.2, 0) is 24.2 Å². The number of aliphatic hydroxyl groups excluding tert-OH is 1. The zero-order valence-electron chi connectivity index (χ0n) is 29.0. The molecule has 6 aromatic rings. The van der Waals surface area contributed by atoms with Crippen LogP contribution in [0.25, 0.3) is 11.2 Å². The average molecular weight is 754 g/mol. The summed E-state index contributed by atoms with van der Waals surface area (Å²) in [5.41, 5.74) is 1.56. The lowest BCUT2D eigenvalue weighted by Gasteiger charge is -2.37. The third kappa shape index (κ3) is 7.34. The first-order valence-corrected chi connectivity index (χ1v) is 18.2. The number of benzene rings is 4. The van der Waals surface area contributed by atoms with Gasteiger partial charge in [-0.25, -0.2) is 19.5 Å². The lowest BCUT2D eigenvalue weighted by molar-refractivity contribution is -0.0935. The minimum absolute atomic E-state index is 0.106. The van der Waals surface area contributed by atoms with Crippen molar-refractivity contribution in [3.05, 3.63) is 144 Å². The molecule has 0 bridgehead atoms. The topological polar surface area (TPSA) is 197 Å². The Balaban J connectivity index is 1.26. The second-order valence-electron chi connectivity index (χ2n) is 12.3. The fourth-order valence-electron chi connectivity index (χ4n) is 6.55. The maximum atomic E-state index is 12.9. The van der Waals surface area contributed by atoms with Crippen molar-refractivity contribution >= 4 is 30.7 Å². The lowest BCUT2D eigenvalue weighted by atomic mass is 9.80. The van der Waals surface area contributed by atoms with E-state index in [-0.39, 0.29) is 23.6 Å². The predicted molar refractivity (Wildman–Crippen MR) is 195 cm³/mol. The van der Waals surface area contributed by atoms with E-state index < -0.39 is 43.9 Å². The molecular weight excluding hydrogens is 717 g/mol. The Labute approximate surface area is 309 Å². The van der Waals surface area contributed by atoms with Gasteiger partial charge in [0.15, 0.2) is 23.2 Å². The second-order valence-corrected chi connectivity index (χ2v) is 13.5. The third-order valence-electron chi connectivity index (χ3n) is 9.11. The van der Waals surface area contributed by atoms with Crippen LogP contribution in [-0.4, -0.2) is 79.5 Å². The molecule has 1 fully saturated rings. The van der Waals surface area contributed by atoms with Gasteiger partial charge in [-0.1, -0.05) is 72.8 Å². The van der Waals surface area contributed by atoms with Crippen molar-refractivity contribution < 1.29 is 47.7 Å². The summed E-state index contributed by atoms with van der Waals surface area (Å²) in [6.07, 6.45) is -3.23. The van der Waals surface area contributed by atoms with Crippen LogP contribution < -0.4 is 14.8 Å². The lowest BCUT2D eigenvalue weighted by Crippen LogP contribution is -2.40. The Kier molecular flexibility index (Phi) is 10.5. The van der Waals surface area contributed by atoms with Gasteiger partial charge in [-0.3, -0.25) is 13.9 Å². The molecule has 1 aliphatic heterocycles. The molecule has 7 rings (SSSR count). The minimum Gasteiger partial charge on any atom is -0.497 e. The van der Waals surface area contributed by atoms with Crippen LogP contribution in [0.4, 0.5) is 5.82 Å². The highest BCUT2D eigenvalue weighted by molar-refractivity contribution is 7.46. The maximum Gasteiger partial charge on any atom is 0.470 e. The number of hydrogen-bond donors (Lipinski definition) is 4. The highest BCUT2D eigenvalue weighted by Gasteiger charge is 2.50. The van der Waals surface area contributed by atoms with Crippen LogP contribution in [0.5, 0.6) is 11.5 Å². The number of nitrogens with one attached hydrogen (secondary N) is 1. The number of carbonyl (C=O) groups excluding carboxylic acids is 1. The van der Waals surface area contributed by atoms with Crippen molar-refractivity contribution in [2.45, 2.75) is 30.1 Å². The standard InChI is InChI=1S/C38H36N5O10P/c1-49-28-17-13-26(14-18-28)38(25-11-7-4-8-12-25,27-15-19-29(50-2)20-16-27)51-21-30-33(53-54(46,47)48)32(44)37(52-30)43-23-41-31-34(39-22-40-35(31)43)42-36(45)24-9-5-3-6-10-24/h3-20,22-23,30,32-33,37,44H,21H2,1-2H3,(H2,46,47,48)(H,39,40,42,45)/t30-,32-,33-,37-/m1/s1. The van der Waals surface area contributed by atoms with E-state index in [4.69, 9.17) is 23.5 Å². The van der Waals surface area contributed by atoms with Gasteiger partial charge in [0.2, 0.25) is 0 Å². The van der Waals surface area contributed by atoms with Crippen LogP contribution >= 0.6 is 7.82 Å². The fraction of sp³-hybridized carbons (Fsp3) is 0.211. The van der Waals surface area contributed by atoms with Gasteiger partial charge in [0, 0.05) is 5.56 Å². The molecule has 0 unspecified atom stereocenters. The summed E-state index contributed by atoms with van der Waals surface area (Å²) in [7, 11) is -2.04. The number of carbonyl (C=O) groups is 1. The number of rotatable bonds is 13. The molecule has 54 heavy (non-hydrogen) atoms. The van der Waals surface area contributed by atoms with Gasteiger partial charge in [-0.05, 0) is 53.1 Å². The Bertz CT molecular complexity index is 2210. The molecule has 1 saturated heterocycles. The Morgan fingerprint density at radius 2 is 1.41 bits per heavy atom. The monoisotopic (exact) mass is 753 g/mol. The molecule has 0 aliphatic carbocycles. The summed E-state index contributed by atoms with van der Waals surface area (Å²) in [6.45, 7) is -0.328. The van der Waals surface area contributed by atoms with Crippen molar-refractivity contribution in [1.82, 2.24) is 19.5 Å². The molecule has 4 atom stereocenters. The summed E-state index contributed by atoms with van der Waals surface area (Å²) in [4.78, 5) is 45.7. The smallest absolute Gasteiger partial charge is 0.470 e. The molecule has 16 heteroatoms. The molecule has 278 valence electrons. The Morgan fingerprint density at radius 1 is 0.833 bits per heavy atom. The highest BCUT2D eigenvalue weighted by atomic mass is 31.2. The molecule has 4 N–H and O–H groups in total. The Morgan fingerprint density at radius 3 is 1.98 bits per heavy atom. The molecule has 0 spiro atoms. The van der Waals surface area contributed by atoms with Gasteiger partial charge in [-0.2, -0.15) is 0 Å². The zero-order valence-corrected chi connectivity index (χ0v) is 29.9. The third-order valence-corrected chi connectivity index (χ3v) is 9.62. The molecule has 1 amide bonds. The first kappa shape index (κ1) is 36.8. The van der Waals surface area contributed by atoms with Crippen molar-refractivity contribution in [3.8, 4) is 11.5 Å². The molecular formula is C38H36N5O10P. The molecule has 4 aromatic carbocycles. The zero-order chi connectivity index (χ0) is 37.9. The van der Waals surface area contributed by atoms with Crippen molar-refractivity contribution in [2.75, 3.05) is 26.1 Å².